The standard InChI is InChI=1S/C26H26N4O2/c1-29-15-21(12-14-25(29)31)22-16-30(2)28-26(22)32-17-18-7-9-20(10-8-18)24-13-11-19-5-3-4-6-23(19)27-24/h3-11,13,16,21H,12,14-15,17H2,1-2H3. The molecule has 1 aliphatic heterocycles. The highest BCUT2D eigenvalue weighted by Gasteiger charge is 2.28. The average Bonchev–Trinajstić information content (AvgIpc) is 3.20. The van der Waals surface area contributed by atoms with Crippen LogP contribution in [0.15, 0.2) is 66.9 Å². The van der Waals surface area contributed by atoms with Crippen molar-refractivity contribution in [1.29, 1.82) is 0 Å². The van der Waals surface area contributed by atoms with E-state index in [2.05, 4.69) is 47.6 Å². The number of hydrogen-bond donors (Lipinski definition) is 0. The number of amides is 1. The Bertz CT molecular complexity index is 1260. The summed E-state index contributed by atoms with van der Waals surface area (Å²) in [6, 6.07) is 20.6. The zero-order valence-electron chi connectivity index (χ0n) is 18.4. The second-order valence-corrected chi connectivity index (χ2v) is 8.45. The number of piperidine rings is 1. The molecule has 5 rings (SSSR count). The lowest BCUT2D eigenvalue weighted by atomic mass is 9.92. The topological polar surface area (TPSA) is 60.3 Å². The number of para-hydroxylation sites is 1. The fourth-order valence-corrected chi connectivity index (χ4v) is 4.29. The number of fused-ring (bicyclic) bond motifs is 1. The van der Waals surface area contributed by atoms with Gasteiger partial charge in [-0.3, -0.25) is 9.48 Å². The Morgan fingerprint density at radius 2 is 1.84 bits per heavy atom. The predicted molar refractivity (Wildman–Crippen MR) is 124 cm³/mol. The lowest BCUT2D eigenvalue weighted by molar-refractivity contribution is -0.132. The molecule has 0 radical (unpaired) electrons. The van der Waals surface area contributed by atoms with Crippen molar-refractivity contribution in [3.63, 3.8) is 0 Å². The molecule has 1 amide bonds. The molecule has 1 saturated heterocycles. The summed E-state index contributed by atoms with van der Waals surface area (Å²) in [6.45, 7) is 1.14. The van der Waals surface area contributed by atoms with Gasteiger partial charge in [0.05, 0.1) is 11.2 Å². The van der Waals surface area contributed by atoms with Gasteiger partial charge in [0.1, 0.15) is 6.61 Å². The second-order valence-electron chi connectivity index (χ2n) is 8.45. The molecule has 3 heterocycles. The van der Waals surface area contributed by atoms with Crippen molar-refractivity contribution in [2.75, 3.05) is 13.6 Å². The van der Waals surface area contributed by atoms with Gasteiger partial charge in [0.2, 0.25) is 11.8 Å². The zero-order chi connectivity index (χ0) is 22.1. The highest BCUT2D eigenvalue weighted by atomic mass is 16.5. The molecule has 32 heavy (non-hydrogen) atoms. The molecule has 1 atom stereocenters. The number of carbonyl (C=O) groups excluding carboxylic acids is 1. The maximum absolute atomic E-state index is 11.8. The van der Waals surface area contributed by atoms with E-state index in [9.17, 15) is 4.79 Å². The number of pyridine rings is 1. The molecular formula is C26H26N4O2. The van der Waals surface area contributed by atoms with Crippen LogP contribution in [0.25, 0.3) is 22.2 Å². The Morgan fingerprint density at radius 3 is 2.66 bits per heavy atom. The number of likely N-dealkylation sites (N-methyl/N-ethyl adjacent to an activating group) is 1. The van der Waals surface area contributed by atoms with E-state index in [1.54, 1.807) is 9.58 Å². The quantitative estimate of drug-likeness (QED) is 0.470. The Hall–Kier alpha value is -3.67. The van der Waals surface area contributed by atoms with Gasteiger partial charge >= 0.3 is 0 Å². The molecule has 0 N–H and O–H groups in total. The van der Waals surface area contributed by atoms with Gasteiger partial charge in [-0.1, -0.05) is 48.5 Å². The molecule has 0 bridgehead atoms. The predicted octanol–water partition coefficient (Wildman–Crippen LogP) is 4.55. The maximum atomic E-state index is 11.8. The van der Waals surface area contributed by atoms with Gasteiger partial charge < -0.3 is 9.64 Å². The van der Waals surface area contributed by atoms with Crippen molar-refractivity contribution in [2.45, 2.75) is 25.4 Å². The van der Waals surface area contributed by atoms with Gasteiger partial charge in [-0.25, -0.2) is 4.98 Å². The molecule has 1 fully saturated rings. The number of hydrogen-bond acceptors (Lipinski definition) is 4. The summed E-state index contributed by atoms with van der Waals surface area (Å²) in [5.74, 6) is 1.11. The van der Waals surface area contributed by atoms with Gasteiger partial charge in [0, 0.05) is 55.7 Å². The van der Waals surface area contributed by atoms with E-state index in [-0.39, 0.29) is 11.8 Å². The third kappa shape index (κ3) is 4.08. The number of aromatic nitrogens is 3. The van der Waals surface area contributed by atoms with Crippen LogP contribution >= 0.6 is 0 Å². The Labute approximate surface area is 187 Å². The third-order valence-electron chi connectivity index (χ3n) is 6.11. The van der Waals surface area contributed by atoms with E-state index in [1.165, 1.54) is 0 Å². The van der Waals surface area contributed by atoms with Gasteiger partial charge in [0.15, 0.2) is 0 Å². The van der Waals surface area contributed by atoms with Gasteiger partial charge in [0.25, 0.3) is 0 Å². The lowest BCUT2D eigenvalue weighted by Crippen LogP contribution is -2.35. The number of aryl methyl sites for hydroxylation is 1. The van der Waals surface area contributed by atoms with Crippen molar-refractivity contribution in [3.8, 4) is 17.1 Å². The van der Waals surface area contributed by atoms with E-state index in [0.717, 1.165) is 39.7 Å². The van der Waals surface area contributed by atoms with Crippen LogP contribution in [0.2, 0.25) is 0 Å². The highest BCUT2D eigenvalue weighted by Crippen LogP contribution is 2.33. The first-order valence-electron chi connectivity index (χ1n) is 10.9. The molecule has 1 unspecified atom stereocenters. The van der Waals surface area contributed by atoms with Crippen LogP contribution in [0, 0.1) is 0 Å². The van der Waals surface area contributed by atoms with Gasteiger partial charge in [-0.15, -0.1) is 5.10 Å². The van der Waals surface area contributed by atoms with Crippen molar-refractivity contribution in [2.24, 2.45) is 7.05 Å². The normalized spacial score (nSPS) is 16.5. The smallest absolute Gasteiger partial charge is 0.236 e. The first kappa shape index (κ1) is 20.2. The van der Waals surface area contributed by atoms with Gasteiger partial charge in [-0.2, -0.15) is 0 Å². The van der Waals surface area contributed by atoms with Crippen molar-refractivity contribution in [3.05, 3.63) is 78.0 Å². The molecule has 0 aliphatic carbocycles. The number of ether oxygens (including phenoxy) is 1. The van der Waals surface area contributed by atoms with Crippen LogP contribution in [-0.4, -0.2) is 39.2 Å². The summed E-state index contributed by atoms with van der Waals surface area (Å²) >= 11 is 0. The van der Waals surface area contributed by atoms with Crippen LogP contribution in [0.1, 0.15) is 29.9 Å². The van der Waals surface area contributed by atoms with Crippen LogP contribution in [0.3, 0.4) is 0 Å². The number of carbonyl (C=O) groups is 1. The van der Waals surface area contributed by atoms with Crippen molar-refractivity contribution in [1.82, 2.24) is 19.7 Å². The lowest BCUT2D eigenvalue weighted by Gasteiger charge is -2.29. The number of benzene rings is 2. The Kier molecular flexibility index (Phi) is 5.35. The average molecular weight is 427 g/mol. The first-order valence-corrected chi connectivity index (χ1v) is 10.9. The highest BCUT2D eigenvalue weighted by molar-refractivity contribution is 5.81. The molecular weight excluding hydrogens is 400 g/mol. The van der Waals surface area contributed by atoms with E-state index < -0.39 is 0 Å². The molecule has 4 aromatic rings. The van der Waals surface area contributed by atoms with Crippen LogP contribution < -0.4 is 4.74 Å². The van der Waals surface area contributed by atoms with Crippen molar-refractivity contribution < 1.29 is 9.53 Å². The van der Waals surface area contributed by atoms with E-state index in [0.29, 0.717) is 25.5 Å². The molecule has 0 spiro atoms. The Morgan fingerprint density at radius 1 is 1.03 bits per heavy atom. The molecule has 2 aromatic carbocycles. The van der Waals surface area contributed by atoms with E-state index in [1.807, 2.05) is 38.5 Å². The SMILES string of the molecule is CN1CC(c2cn(C)nc2OCc2ccc(-c3ccc4ccccc4n3)cc2)CCC1=O. The summed E-state index contributed by atoms with van der Waals surface area (Å²) < 4.78 is 7.90. The minimum absolute atomic E-state index is 0.202. The third-order valence-corrected chi connectivity index (χ3v) is 6.11. The number of nitrogens with zero attached hydrogens (tertiary/aromatic N) is 4. The van der Waals surface area contributed by atoms with Gasteiger partial charge in [-0.05, 0) is 24.1 Å². The molecule has 6 heteroatoms. The number of likely N-dealkylation sites (tertiary alicyclic amines) is 1. The monoisotopic (exact) mass is 426 g/mol. The minimum atomic E-state index is 0.202. The zero-order valence-corrected chi connectivity index (χ0v) is 18.4. The molecule has 2 aromatic heterocycles. The minimum Gasteiger partial charge on any atom is -0.472 e. The first-order chi connectivity index (χ1) is 15.6. The molecule has 0 saturated carbocycles. The molecule has 1 aliphatic rings. The van der Waals surface area contributed by atoms with Crippen LogP contribution in [0.4, 0.5) is 0 Å². The summed E-state index contributed by atoms with van der Waals surface area (Å²) in [4.78, 5) is 18.4. The molecule has 6 nitrogen and oxygen atoms in total. The summed E-state index contributed by atoms with van der Waals surface area (Å²) in [6.07, 6.45) is 3.41. The van der Waals surface area contributed by atoms with E-state index >= 15 is 0 Å². The Balaban J connectivity index is 1.29. The largest absolute Gasteiger partial charge is 0.472 e. The van der Waals surface area contributed by atoms with Crippen LogP contribution in [0.5, 0.6) is 5.88 Å². The van der Waals surface area contributed by atoms with E-state index in [4.69, 9.17) is 9.72 Å². The summed E-state index contributed by atoms with van der Waals surface area (Å²) in [7, 11) is 3.76. The number of rotatable bonds is 5. The maximum Gasteiger partial charge on any atom is 0.236 e. The second kappa shape index (κ2) is 8.46. The van der Waals surface area contributed by atoms with Crippen LogP contribution in [-0.2, 0) is 18.4 Å². The summed E-state index contributed by atoms with van der Waals surface area (Å²) in [5, 5.41) is 5.66. The summed E-state index contributed by atoms with van der Waals surface area (Å²) in [5.41, 5.74) is 5.17. The fraction of sp³-hybridized carbons (Fsp3) is 0.269. The van der Waals surface area contributed by atoms with Crippen molar-refractivity contribution >= 4 is 16.8 Å². The fourth-order valence-electron chi connectivity index (χ4n) is 4.29. The molecule has 162 valence electrons.